The highest BCUT2D eigenvalue weighted by Crippen LogP contribution is 2.28. The molecule has 0 spiro atoms. The van der Waals surface area contributed by atoms with Gasteiger partial charge in [-0.05, 0) is 31.4 Å². The van der Waals surface area contributed by atoms with Gasteiger partial charge in [0.2, 0.25) is 0 Å². The number of carbonyl (C=O) groups excluding carboxylic acids is 1. The van der Waals surface area contributed by atoms with E-state index >= 15 is 0 Å². The van der Waals surface area contributed by atoms with Crippen molar-refractivity contribution in [3.63, 3.8) is 0 Å². The van der Waals surface area contributed by atoms with Crippen LogP contribution >= 0.6 is 0 Å². The Morgan fingerprint density at radius 2 is 1.70 bits per heavy atom. The number of carboxylic acid groups (broad SMARTS) is 1. The second-order valence-electron chi connectivity index (χ2n) is 5.49. The van der Waals surface area contributed by atoms with Crippen LogP contribution in [0.1, 0.15) is 45.2 Å². The zero-order valence-electron chi connectivity index (χ0n) is 11.9. The van der Waals surface area contributed by atoms with Crippen molar-refractivity contribution in [3.05, 3.63) is 34.4 Å². The van der Waals surface area contributed by atoms with E-state index in [4.69, 9.17) is 0 Å². The quantitative estimate of drug-likeness (QED) is 0.879. The van der Waals surface area contributed by atoms with E-state index in [2.05, 4.69) is 0 Å². The predicted octanol–water partition coefficient (Wildman–Crippen LogP) is 1.60. The molecule has 1 aliphatic heterocycles. The van der Waals surface area contributed by atoms with Crippen LogP contribution in [0.15, 0.2) is 12.1 Å². The van der Waals surface area contributed by atoms with E-state index in [1.54, 1.807) is 26.0 Å². The third kappa shape index (κ3) is 2.29. The van der Waals surface area contributed by atoms with Crippen molar-refractivity contribution >= 4 is 11.9 Å². The third-order valence-corrected chi connectivity index (χ3v) is 3.97. The SMILES string of the molecule is CCC1(O)CN(C(=O)c2c(C)ccc(C)c2C(=O)O)C1. The number of aliphatic hydroxyl groups is 1. The zero-order valence-corrected chi connectivity index (χ0v) is 11.9. The number of carbonyl (C=O) groups is 2. The molecule has 1 heterocycles. The summed E-state index contributed by atoms with van der Waals surface area (Å²) in [5, 5.41) is 19.3. The van der Waals surface area contributed by atoms with Crippen LogP contribution in [-0.4, -0.2) is 45.7 Å². The van der Waals surface area contributed by atoms with Crippen molar-refractivity contribution in [1.29, 1.82) is 0 Å². The lowest BCUT2D eigenvalue weighted by Crippen LogP contribution is -2.63. The number of hydrogen-bond donors (Lipinski definition) is 2. The molecule has 0 unspecified atom stereocenters. The molecule has 1 saturated heterocycles. The smallest absolute Gasteiger partial charge is 0.336 e. The molecule has 1 aromatic carbocycles. The summed E-state index contributed by atoms with van der Waals surface area (Å²) < 4.78 is 0. The Bertz CT molecular complexity index is 573. The summed E-state index contributed by atoms with van der Waals surface area (Å²) >= 11 is 0. The van der Waals surface area contributed by atoms with Crippen LogP contribution in [0.2, 0.25) is 0 Å². The standard InChI is InChI=1S/C15H19NO4/c1-4-15(20)7-16(8-15)13(17)11-9(2)5-6-10(3)12(11)14(18)19/h5-6,20H,4,7-8H2,1-3H3,(H,18,19). The van der Waals surface area contributed by atoms with Crippen LogP contribution in [0.3, 0.4) is 0 Å². The lowest BCUT2D eigenvalue weighted by molar-refractivity contribution is -0.0827. The molecule has 0 aromatic heterocycles. The van der Waals surface area contributed by atoms with Gasteiger partial charge in [0, 0.05) is 0 Å². The minimum atomic E-state index is -1.10. The number of hydrogen-bond acceptors (Lipinski definition) is 3. The lowest BCUT2D eigenvalue weighted by Gasteiger charge is -2.46. The molecule has 1 amide bonds. The number of β-amino-alcohol motifs (C(OH)–C–C–N with tert-alkyl or cyclic N) is 1. The number of likely N-dealkylation sites (tertiary alicyclic amines) is 1. The van der Waals surface area contributed by atoms with Crippen molar-refractivity contribution in [2.75, 3.05) is 13.1 Å². The van der Waals surface area contributed by atoms with E-state index in [1.807, 2.05) is 6.92 Å². The summed E-state index contributed by atoms with van der Waals surface area (Å²) in [6.45, 7) is 5.79. The fourth-order valence-corrected chi connectivity index (χ4v) is 2.55. The minimum Gasteiger partial charge on any atom is -0.478 e. The van der Waals surface area contributed by atoms with E-state index in [9.17, 15) is 19.8 Å². The normalized spacial score (nSPS) is 16.7. The van der Waals surface area contributed by atoms with Crippen LogP contribution in [0, 0.1) is 13.8 Å². The Balaban J connectivity index is 2.36. The molecule has 1 aliphatic rings. The summed E-state index contributed by atoms with van der Waals surface area (Å²) in [5.41, 5.74) is 0.678. The number of benzene rings is 1. The highest BCUT2D eigenvalue weighted by atomic mass is 16.4. The van der Waals surface area contributed by atoms with Crippen LogP contribution in [-0.2, 0) is 0 Å². The van der Waals surface area contributed by atoms with Gasteiger partial charge in [-0.25, -0.2) is 4.79 Å². The maximum Gasteiger partial charge on any atom is 0.336 e. The fourth-order valence-electron chi connectivity index (χ4n) is 2.55. The number of carboxylic acids is 1. The maximum atomic E-state index is 12.5. The van der Waals surface area contributed by atoms with Crippen LogP contribution in [0.4, 0.5) is 0 Å². The van der Waals surface area contributed by atoms with Gasteiger partial charge in [-0.2, -0.15) is 0 Å². The van der Waals surface area contributed by atoms with Gasteiger partial charge < -0.3 is 15.1 Å². The van der Waals surface area contributed by atoms with Gasteiger partial charge in [-0.3, -0.25) is 4.79 Å². The molecule has 1 fully saturated rings. The first-order chi connectivity index (χ1) is 9.29. The van der Waals surface area contributed by atoms with Gasteiger partial charge in [0.25, 0.3) is 5.91 Å². The highest BCUT2D eigenvalue weighted by Gasteiger charge is 2.43. The highest BCUT2D eigenvalue weighted by molar-refractivity contribution is 6.07. The lowest BCUT2D eigenvalue weighted by atomic mass is 9.89. The first-order valence-electron chi connectivity index (χ1n) is 6.64. The Labute approximate surface area is 117 Å². The Morgan fingerprint density at radius 1 is 1.20 bits per heavy atom. The first kappa shape index (κ1) is 14.5. The largest absolute Gasteiger partial charge is 0.478 e. The summed E-state index contributed by atoms with van der Waals surface area (Å²) in [5.74, 6) is -1.41. The topological polar surface area (TPSA) is 77.8 Å². The van der Waals surface area contributed by atoms with Gasteiger partial charge in [0.05, 0.1) is 29.8 Å². The molecule has 0 aliphatic carbocycles. The molecule has 2 rings (SSSR count). The van der Waals surface area contributed by atoms with Crippen LogP contribution < -0.4 is 0 Å². The molecule has 0 saturated carbocycles. The maximum absolute atomic E-state index is 12.5. The molecular formula is C15H19NO4. The number of aromatic carboxylic acids is 1. The number of amides is 1. The molecule has 0 radical (unpaired) electrons. The van der Waals surface area contributed by atoms with Crippen LogP contribution in [0.5, 0.6) is 0 Å². The third-order valence-electron chi connectivity index (χ3n) is 3.97. The summed E-state index contributed by atoms with van der Waals surface area (Å²) in [6, 6.07) is 3.45. The van der Waals surface area contributed by atoms with Crippen LogP contribution in [0.25, 0.3) is 0 Å². The monoisotopic (exact) mass is 277 g/mol. The zero-order chi connectivity index (χ0) is 15.1. The Hall–Kier alpha value is -1.88. The summed E-state index contributed by atoms with van der Waals surface area (Å²) in [4.78, 5) is 25.4. The van der Waals surface area contributed by atoms with E-state index in [0.717, 1.165) is 0 Å². The molecule has 2 N–H and O–H groups in total. The minimum absolute atomic E-state index is 0.0574. The summed E-state index contributed by atoms with van der Waals surface area (Å²) in [6.07, 6.45) is 0.579. The fraction of sp³-hybridized carbons (Fsp3) is 0.467. The molecular weight excluding hydrogens is 258 g/mol. The first-order valence-corrected chi connectivity index (χ1v) is 6.64. The number of nitrogens with zero attached hydrogens (tertiary/aromatic N) is 1. The van der Waals surface area contributed by atoms with E-state index < -0.39 is 11.6 Å². The molecule has 20 heavy (non-hydrogen) atoms. The van der Waals surface area contributed by atoms with Gasteiger partial charge in [0.15, 0.2) is 0 Å². The summed E-state index contributed by atoms with van der Waals surface area (Å²) in [7, 11) is 0. The molecule has 0 atom stereocenters. The molecule has 108 valence electrons. The second kappa shape index (κ2) is 4.90. The van der Waals surface area contributed by atoms with E-state index in [1.165, 1.54) is 4.90 Å². The van der Waals surface area contributed by atoms with Crippen molar-refractivity contribution < 1.29 is 19.8 Å². The average molecular weight is 277 g/mol. The Kier molecular flexibility index (Phi) is 3.56. The number of rotatable bonds is 3. The second-order valence-corrected chi connectivity index (χ2v) is 5.49. The van der Waals surface area contributed by atoms with Crippen molar-refractivity contribution in [2.24, 2.45) is 0 Å². The molecule has 0 bridgehead atoms. The van der Waals surface area contributed by atoms with Crippen molar-refractivity contribution in [3.8, 4) is 0 Å². The van der Waals surface area contributed by atoms with E-state index in [0.29, 0.717) is 17.5 Å². The van der Waals surface area contributed by atoms with Gasteiger partial charge >= 0.3 is 5.97 Å². The van der Waals surface area contributed by atoms with Crippen molar-refractivity contribution in [2.45, 2.75) is 32.8 Å². The predicted molar refractivity (Wildman–Crippen MR) is 74.0 cm³/mol. The van der Waals surface area contributed by atoms with Crippen molar-refractivity contribution in [1.82, 2.24) is 4.90 Å². The average Bonchev–Trinajstić information content (AvgIpc) is 2.36. The number of aryl methyl sites for hydroxylation is 2. The Morgan fingerprint density at radius 3 is 2.15 bits per heavy atom. The van der Waals surface area contributed by atoms with Gasteiger partial charge in [-0.1, -0.05) is 19.1 Å². The van der Waals surface area contributed by atoms with Gasteiger partial charge in [-0.15, -0.1) is 0 Å². The molecule has 5 nitrogen and oxygen atoms in total. The molecule has 1 aromatic rings. The molecule has 5 heteroatoms. The van der Waals surface area contributed by atoms with Gasteiger partial charge in [0.1, 0.15) is 0 Å². The van der Waals surface area contributed by atoms with E-state index in [-0.39, 0.29) is 30.1 Å².